The van der Waals surface area contributed by atoms with E-state index in [1.54, 1.807) is 6.92 Å². The van der Waals surface area contributed by atoms with Gasteiger partial charge in [0.1, 0.15) is 5.41 Å². The van der Waals surface area contributed by atoms with Crippen molar-refractivity contribution in [3.8, 4) is 0 Å². The highest BCUT2D eigenvalue weighted by atomic mass is 16.4. The molecule has 1 saturated heterocycles. The van der Waals surface area contributed by atoms with Gasteiger partial charge in [0.2, 0.25) is 0 Å². The maximum atomic E-state index is 12.9. The summed E-state index contributed by atoms with van der Waals surface area (Å²) in [5.41, 5.74) is -0.0261. The van der Waals surface area contributed by atoms with Crippen molar-refractivity contribution in [2.75, 3.05) is 19.6 Å². The number of nitrogens with zero attached hydrogens (tertiary/aromatic N) is 1. The highest BCUT2D eigenvalue weighted by Gasteiger charge is 2.58. The van der Waals surface area contributed by atoms with Crippen molar-refractivity contribution in [1.82, 2.24) is 10.2 Å². The highest BCUT2D eigenvalue weighted by molar-refractivity contribution is 5.83. The van der Waals surface area contributed by atoms with Gasteiger partial charge in [0, 0.05) is 31.4 Å². The molecule has 0 bridgehead atoms. The molecule has 3 atom stereocenters. The Hall–Kier alpha value is -2.34. The van der Waals surface area contributed by atoms with E-state index in [1.165, 1.54) is 5.56 Å². The van der Waals surface area contributed by atoms with E-state index in [-0.39, 0.29) is 18.4 Å². The Morgan fingerprint density at radius 3 is 2.48 bits per heavy atom. The molecule has 1 aliphatic heterocycles. The van der Waals surface area contributed by atoms with E-state index in [4.69, 9.17) is 0 Å². The van der Waals surface area contributed by atoms with Gasteiger partial charge in [-0.05, 0) is 50.5 Å². The molecule has 4 rings (SSSR count). The Morgan fingerprint density at radius 2 is 1.84 bits per heavy atom. The lowest BCUT2D eigenvalue weighted by atomic mass is 9.58. The molecule has 3 aliphatic rings. The zero-order valence-corrected chi connectivity index (χ0v) is 18.3. The summed E-state index contributed by atoms with van der Waals surface area (Å²) in [4.78, 5) is 27.3. The van der Waals surface area contributed by atoms with Gasteiger partial charge in [0.25, 0.3) is 0 Å². The van der Waals surface area contributed by atoms with Crippen molar-refractivity contribution in [1.29, 1.82) is 0 Å². The van der Waals surface area contributed by atoms with Crippen LogP contribution in [-0.4, -0.2) is 52.7 Å². The lowest BCUT2D eigenvalue weighted by Crippen LogP contribution is -2.57. The molecule has 1 aromatic carbocycles. The molecule has 2 aliphatic carbocycles. The Bertz CT molecular complexity index is 848. The first-order valence-corrected chi connectivity index (χ1v) is 11.5. The fourth-order valence-electron chi connectivity index (χ4n) is 6.07. The number of benzene rings is 1. The molecule has 0 amide bonds. The molecule has 1 heterocycles. The first kappa shape index (κ1) is 21.9. The van der Waals surface area contributed by atoms with Crippen LogP contribution in [0.15, 0.2) is 42.1 Å². The van der Waals surface area contributed by atoms with Crippen LogP contribution in [-0.2, 0) is 16.0 Å². The quantitative estimate of drug-likeness (QED) is 0.645. The standard InChI is InChI=1S/C25H34N2O4/c1-24(22(28)29)12-11-21(25(17-24,23(30)31)19-9-5-6-10-19)27-14-13-26-20(16-27)15-18-7-3-2-4-8-18/h2-4,7-8,11,19-20,26H,5-6,9-10,12-17H2,1H3,(H,28,29)(H,30,31)/t20-,24?,25?/m0/s1. The van der Waals surface area contributed by atoms with Gasteiger partial charge >= 0.3 is 11.9 Å². The molecule has 1 aromatic rings. The second-order valence-corrected chi connectivity index (χ2v) is 9.88. The predicted octanol–water partition coefficient (Wildman–Crippen LogP) is 3.53. The summed E-state index contributed by atoms with van der Waals surface area (Å²) >= 11 is 0. The average molecular weight is 427 g/mol. The molecular formula is C25H34N2O4. The zero-order chi connectivity index (χ0) is 22.1. The molecule has 0 radical (unpaired) electrons. The molecule has 168 valence electrons. The van der Waals surface area contributed by atoms with Gasteiger partial charge in [-0.15, -0.1) is 0 Å². The van der Waals surface area contributed by atoms with Crippen molar-refractivity contribution in [3.63, 3.8) is 0 Å². The monoisotopic (exact) mass is 426 g/mol. The van der Waals surface area contributed by atoms with Crippen molar-refractivity contribution >= 4 is 11.9 Å². The highest BCUT2D eigenvalue weighted by Crippen LogP contribution is 2.56. The molecule has 0 spiro atoms. The van der Waals surface area contributed by atoms with Crippen LogP contribution >= 0.6 is 0 Å². The van der Waals surface area contributed by atoms with E-state index in [2.05, 4.69) is 22.3 Å². The third kappa shape index (κ3) is 4.10. The third-order valence-corrected chi connectivity index (χ3v) is 7.74. The van der Waals surface area contributed by atoms with Gasteiger partial charge in [-0.25, -0.2) is 0 Å². The van der Waals surface area contributed by atoms with Crippen molar-refractivity contribution < 1.29 is 19.8 Å². The summed E-state index contributed by atoms with van der Waals surface area (Å²) in [6.07, 6.45) is 7.17. The fraction of sp³-hybridized carbons (Fsp3) is 0.600. The van der Waals surface area contributed by atoms with E-state index in [1.807, 2.05) is 24.3 Å². The largest absolute Gasteiger partial charge is 0.481 e. The maximum Gasteiger partial charge on any atom is 0.315 e. The summed E-state index contributed by atoms with van der Waals surface area (Å²) < 4.78 is 0. The molecule has 6 nitrogen and oxygen atoms in total. The minimum Gasteiger partial charge on any atom is -0.481 e. The second kappa shape index (κ2) is 8.65. The molecule has 3 N–H and O–H groups in total. The van der Waals surface area contributed by atoms with E-state index in [9.17, 15) is 19.8 Å². The average Bonchev–Trinajstić information content (AvgIpc) is 3.29. The third-order valence-electron chi connectivity index (χ3n) is 7.74. The van der Waals surface area contributed by atoms with Gasteiger partial charge in [0.05, 0.1) is 5.41 Å². The van der Waals surface area contributed by atoms with Crippen LogP contribution in [0.2, 0.25) is 0 Å². The second-order valence-electron chi connectivity index (χ2n) is 9.88. The Morgan fingerprint density at radius 1 is 1.13 bits per heavy atom. The molecule has 2 fully saturated rings. The summed E-state index contributed by atoms with van der Waals surface area (Å²) in [5, 5.41) is 24.1. The zero-order valence-electron chi connectivity index (χ0n) is 18.3. The number of rotatable bonds is 6. The number of allylic oxidation sites excluding steroid dienone is 1. The van der Waals surface area contributed by atoms with E-state index in [0.717, 1.165) is 57.4 Å². The van der Waals surface area contributed by atoms with Crippen LogP contribution in [0, 0.1) is 16.7 Å². The summed E-state index contributed by atoms with van der Waals surface area (Å²) in [5.74, 6) is -1.75. The molecule has 31 heavy (non-hydrogen) atoms. The number of hydrogen-bond acceptors (Lipinski definition) is 4. The smallest absolute Gasteiger partial charge is 0.315 e. The van der Waals surface area contributed by atoms with Gasteiger partial charge in [-0.2, -0.15) is 0 Å². The summed E-state index contributed by atoms with van der Waals surface area (Å²) in [7, 11) is 0. The number of piperazine rings is 1. The number of carboxylic acids is 2. The molecule has 2 unspecified atom stereocenters. The van der Waals surface area contributed by atoms with Gasteiger partial charge in [-0.3, -0.25) is 9.59 Å². The predicted molar refractivity (Wildman–Crippen MR) is 119 cm³/mol. The van der Waals surface area contributed by atoms with Crippen molar-refractivity contribution in [2.45, 2.75) is 57.9 Å². The van der Waals surface area contributed by atoms with Crippen LogP contribution in [0.4, 0.5) is 0 Å². The van der Waals surface area contributed by atoms with Crippen molar-refractivity contribution in [3.05, 3.63) is 47.7 Å². The summed E-state index contributed by atoms with van der Waals surface area (Å²) in [6.45, 7) is 4.01. The number of carbonyl (C=O) groups is 2. The number of carboxylic acid groups (broad SMARTS) is 2. The van der Waals surface area contributed by atoms with Gasteiger partial charge < -0.3 is 20.4 Å². The molecule has 1 saturated carbocycles. The van der Waals surface area contributed by atoms with E-state index < -0.39 is 22.8 Å². The molecule has 0 aromatic heterocycles. The van der Waals surface area contributed by atoms with Crippen LogP contribution in [0.1, 0.15) is 51.0 Å². The first-order valence-electron chi connectivity index (χ1n) is 11.5. The van der Waals surface area contributed by atoms with Crippen LogP contribution in [0.25, 0.3) is 0 Å². The van der Waals surface area contributed by atoms with E-state index >= 15 is 0 Å². The van der Waals surface area contributed by atoms with Gasteiger partial charge in [-0.1, -0.05) is 49.2 Å². The number of hydrogen-bond donors (Lipinski definition) is 3. The van der Waals surface area contributed by atoms with Crippen LogP contribution in [0.3, 0.4) is 0 Å². The van der Waals surface area contributed by atoms with Crippen LogP contribution < -0.4 is 5.32 Å². The van der Waals surface area contributed by atoms with Gasteiger partial charge in [0.15, 0.2) is 0 Å². The Kier molecular flexibility index (Phi) is 6.11. The minimum absolute atomic E-state index is 0.00214. The summed E-state index contributed by atoms with van der Waals surface area (Å²) in [6, 6.07) is 10.6. The maximum absolute atomic E-state index is 12.9. The fourth-order valence-corrected chi connectivity index (χ4v) is 6.07. The van der Waals surface area contributed by atoms with Crippen LogP contribution in [0.5, 0.6) is 0 Å². The normalized spacial score (nSPS) is 32.0. The minimum atomic E-state index is -1.11. The molecular weight excluding hydrogens is 392 g/mol. The Balaban J connectivity index is 1.65. The first-order chi connectivity index (χ1) is 14.8. The topological polar surface area (TPSA) is 89.9 Å². The Labute approximate surface area is 184 Å². The van der Waals surface area contributed by atoms with Crippen molar-refractivity contribution in [2.24, 2.45) is 16.7 Å². The lowest BCUT2D eigenvalue weighted by Gasteiger charge is -2.50. The number of aliphatic carboxylic acids is 2. The van der Waals surface area contributed by atoms with E-state index in [0.29, 0.717) is 6.42 Å². The SMILES string of the molecule is CC1(C(=O)O)CC=C(N2CCN[C@@H](Cc3ccccc3)C2)C(C(=O)O)(C2CCCC2)C1. The lowest BCUT2D eigenvalue weighted by molar-refractivity contribution is -0.161. The molecule has 6 heteroatoms. The number of nitrogens with one attached hydrogen (secondary N) is 1.